The third kappa shape index (κ3) is 2.42. The first-order valence-corrected chi connectivity index (χ1v) is 8.81. The second-order valence-electron chi connectivity index (χ2n) is 6.61. The Morgan fingerprint density at radius 2 is 1.50 bits per heavy atom. The van der Waals surface area contributed by atoms with Gasteiger partial charge in [0, 0.05) is 10.9 Å². The quantitative estimate of drug-likeness (QED) is 0.437. The largest absolute Gasteiger partial charge is 0.451 e. The summed E-state index contributed by atoms with van der Waals surface area (Å²) in [6, 6.07) is 28.9. The van der Waals surface area contributed by atoms with Crippen LogP contribution in [0.3, 0.4) is 0 Å². The van der Waals surface area contributed by atoms with Gasteiger partial charge in [-0.1, -0.05) is 66.7 Å². The van der Waals surface area contributed by atoms with Gasteiger partial charge in [-0.3, -0.25) is 0 Å². The van der Waals surface area contributed by atoms with E-state index in [2.05, 4.69) is 49.4 Å². The molecule has 0 aromatic heterocycles. The summed E-state index contributed by atoms with van der Waals surface area (Å²) in [5.74, 6) is 1.70. The number of aryl methyl sites for hydroxylation is 1. The van der Waals surface area contributed by atoms with Gasteiger partial charge in [-0.05, 0) is 47.2 Å². The van der Waals surface area contributed by atoms with E-state index in [1.807, 2.05) is 42.5 Å². The standard InChI is InChI=1S/C24H18O2/c1-16-10-11-19-8-5-9-21-23(19)22(16)24(26-21)25-20-14-12-18(13-15-20)17-6-3-2-4-7-17/h2-15,24H,1H3. The molecule has 1 atom stereocenters. The van der Waals surface area contributed by atoms with E-state index in [1.54, 1.807) is 0 Å². The first-order chi connectivity index (χ1) is 12.8. The van der Waals surface area contributed by atoms with Crippen molar-refractivity contribution in [2.75, 3.05) is 0 Å². The molecule has 1 aliphatic heterocycles. The van der Waals surface area contributed by atoms with E-state index in [0.29, 0.717) is 0 Å². The van der Waals surface area contributed by atoms with Crippen molar-refractivity contribution in [3.8, 4) is 22.6 Å². The maximum atomic E-state index is 6.20. The highest BCUT2D eigenvalue weighted by molar-refractivity contribution is 5.94. The summed E-state index contributed by atoms with van der Waals surface area (Å²) >= 11 is 0. The normalized spacial score (nSPS) is 15.0. The Morgan fingerprint density at radius 1 is 0.731 bits per heavy atom. The van der Waals surface area contributed by atoms with Gasteiger partial charge in [0.2, 0.25) is 0 Å². The van der Waals surface area contributed by atoms with Crippen molar-refractivity contribution in [1.82, 2.24) is 0 Å². The zero-order valence-electron chi connectivity index (χ0n) is 14.5. The summed E-state index contributed by atoms with van der Waals surface area (Å²) < 4.78 is 12.3. The number of benzene rings is 4. The summed E-state index contributed by atoms with van der Waals surface area (Å²) in [7, 11) is 0. The molecule has 0 N–H and O–H groups in total. The first-order valence-electron chi connectivity index (χ1n) is 8.81. The molecule has 4 aromatic carbocycles. The van der Waals surface area contributed by atoms with Crippen molar-refractivity contribution >= 4 is 10.8 Å². The molecule has 0 saturated heterocycles. The van der Waals surface area contributed by atoms with Crippen LogP contribution in [0.15, 0.2) is 84.9 Å². The summed E-state index contributed by atoms with van der Waals surface area (Å²) in [6.07, 6.45) is -0.404. The van der Waals surface area contributed by atoms with Crippen molar-refractivity contribution in [2.45, 2.75) is 13.2 Å². The monoisotopic (exact) mass is 338 g/mol. The minimum Gasteiger partial charge on any atom is -0.451 e. The Balaban J connectivity index is 1.46. The highest BCUT2D eigenvalue weighted by Crippen LogP contribution is 2.43. The number of ether oxygens (including phenoxy) is 2. The van der Waals surface area contributed by atoms with Crippen LogP contribution in [-0.4, -0.2) is 0 Å². The highest BCUT2D eigenvalue weighted by Gasteiger charge is 2.29. The second-order valence-corrected chi connectivity index (χ2v) is 6.61. The van der Waals surface area contributed by atoms with Gasteiger partial charge in [0.25, 0.3) is 6.29 Å². The van der Waals surface area contributed by atoms with Gasteiger partial charge < -0.3 is 9.47 Å². The molecule has 1 aliphatic rings. The molecule has 26 heavy (non-hydrogen) atoms. The SMILES string of the molecule is Cc1ccc2cccc3c2c1C(Oc1ccc(-c2ccccc2)cc1)O3. The van der Waals surface area contributed by atoms with E-state index in [-0.39, 0.29) is 0 Å². The fourth-order valence-electron chi connectivity index (χ4n) is 3.62. The Hall–Kier alpha value is -3.26. The van der Waals surface area contributed by atoms with Crippen LogP contribution in [0.4, 0.5) is 0 Å². The van der Waals surface area contributed by atoms with Crippen molar-refractivity contribution in [2.24, 2.45) is 0 Å². The number of hydrogen-bond acceptors (Lipinski definition) is 2. The molecule has 0 saturated carbocycles. The van der Waals surface area contributed by atoms with Crippen LogP contribution in [0, 0.1) is 6.92 Å². The third-order valence-corrected chi connectivity index (χ3v) is 4.94. The predicted octanol–water partition coefficient (Wildman–Crippen LogP) is 6.29. The first kappa shape index (κ1) is 15.0. The van der Waals surface area contributed by atoms with E-state index in [4.69, 9.17) is 9.47 Å². The van der Waals surface area contributed by atoms with E-state index < -0.39 is 6.29 Å². The smallest absolute Gasteiger partial charge is 0.268 e. The highest BCUT2D eigenvalue weighted by atomic mass is 16.7. The lowest BCUT2D eigenvalue weighted by Gasteiger charge is -2.16. The lowest BCUT2D eigenvalue weighted by atomic mass is 10.0. The van der Waals surface area contributed by atoms with Crippen LogP contribution in [0.5, 0.6) is 11.5 Å². The number of hydrogen-bond donors (Lipinski definition) is 0. The Morgan fingerprint density at radius 3 is 2.31 bits per heavy atom. The van der Waals surface area contributed by atoms with E-state index >= 15 is 0 Å². The average Bonchev–Trinajstić information content (AvgIpc) is 3.06. The van der Waals surface area contributed by atoms with Crippen LogP contribution in [-0.2, 0) is 0 Å². The molecule has 0 aliphatic carbocycles. The predicted molar refractivity (Wildman–Crippen MR) is 105 cm³/mol. The minimum atomic E-state index is -0.404. The Bertz CT molecular complexity index is 1080. The van der Waals surface area contributed by atoms with Crippen molar-refractivity contribution in [1.29, 1.82) is 0 Å². The van der Waals surface area contributed by atoms with Crippen LogP contribution < -0.4 is 9.47 Å². The molecule has 0 amide bonds. The molecular weight excluding hydrogens is 320 g/mol. The zero-order chi connectivity index (χ0) is 17.5. The molecule has 126 valence electrons. The molecule has 2 heteroatoms. The molecule has 1 unspecified atom stereocenters. The molecule has 0 bridgehead atoms. The summed E-state index contributed by atoms with van der Waals surface area (Å²) in [5, 5.41) is 2.35. The zero-order valence-corrected chi connectivity index (χ0v) is 14.5. The third-order valence-electron chi connectivity index (χ3n) is 4.94. The Labute approximate surface area is 152 Å². The van der Waals surface area contributed by atoms with Gasteiger partial charge >= 0.3 is 0 Å². The fourth-order valence-corrected chi connectivity index (χ4v) is 3.62. The van der Waals surface area contributed by atoms with Crippen LogP contribution in [0.1, 0.15) is 17.4 Å². The molecular formula is C24H18O2. The van der Waals surface area contributed by atoms with Gasteiger partial charge in [-0.15, -0.1) is 0 Å². The lowest BCUT2D eigenvalue weighted by Crippen LogP contribution is -2.11. The molecule has 0 radical (unpaired) electrons. The van der Waals surface area contributed by atoms with Crippen LogP contribution in [0.2, 0.25) is 0 Å². The molecule has 0 fully saturated rings. The van der Waals surface area contributed by atoms with Crippen LogP contribution >= 0.6 is 0 Å². The molecule has 4 aromatic rings. The Kier molecular flexibility index (Phi) is 3.42. The summed E-state index contributed by atoms with van der Waals surface area (Å²) in [4.78, 5) is 0. The maximum absolute atomic E-state index is 6.20. The molecule has 1 heterocycles. The summed E-state index contributed by atoms with van der Waals surface area (Å²) in [6.45, 7) is 2.11. The van der Waals surface area contributed by atoms with Crippen molar-refractivity contribution in [3.05, 3.63) is 96.1 Å². The van der Waals surface area contributed by atoms with Crippen LogP contribution in [0.25, 0.3) is 21.9 Å². The van der Waals surface area contributed by atoms with E-state index in [1.165, 1.54) is 27.5 Å². The van der Waals surface area contributed by atoms with Gasteiger partial charge in [0.05, 0.1) is 0 Å². The average molecular weight is 338 g/mol. The van der Waals surface area contributed by atoms with Gasteiger partial charge in [0.1, 0.15) is 11.5 Å². The molecule has 0 spiro atoms. The van der Waals surface area contributed by atoms with E-state index in [0.717, 1.165) is 17.1 Å². The number of rotatable bonds is 3. The minimum absolute atomic E-state index is 0.404. The maximum Gasteiger partial charge on any atom is 0.268 e. The van der Waals surface area contributed by atoms with E-state index in [9.17, 15) is 0 Å². The lowest BCUT2D eigenvalue weighted by molar-refractivity contribution is 0.0144. The van der Waals surface area contributed by atoms with Crippen molar-refractivity contribution < 1.29 is 9.47 Å². The summed E-state index contributed by atoms with van der Waals surface area (Å²) in [5.41, 5.74) is 4.69. The van der Waals surface area contributed by atoms with Gasteiger partial charge in [-0.25, -0.2) is 0 Å². The second kappa shape index (κ2) is 5.92. The molecule has 2 nitrogen and oxygen atoms in total. The van der Waals surface area contributed by atoms with Gasteiger partial charge in [0.15, 0.2) is 0 Å². The van der Waals surface area contributed by atoms with Crippen molar-refractivity contribution in [3.63, 3.8) is 0 Å². The molecule has 5 rings (SSSR count). The fraction of sp³-hybridized carbons (Fsp3) is 0.0833. The van der Waals surface area contributed by atoms with Gasteiger partial charge in [-0.2, -0.15) is 0 Å². The topological polar surface area (TPSA) is 18.5 Å².